The van der Waals surface area contributed by atoms with Crippen LogP contribution in [-0.4, -0.2) is 9.13 Å². The van der Waals surface area contributed by atoms with E-state index in [1.54, 1.807) is 4.57 Å². The lowest BCUT2D eigenvalue weighted by atomic mass is 10.1. The highest BCUT2D eigenvalue weighted by Crippen LogP contribution is 2.33. The van der Waals surface area contributed by atoms with Crippen molar-refractivity contribution in [2.45, 2.75) is 32.0 Å². The Morgan fingerprint density at radius 3 is 2.39 bits per heavy atom. The molecule has 18 heavy (non-hydrogen) atoms. The van der Waals surface area contributed by atoms with E-state index in [2.05, 4.69) is 0 Å². The highest BCUT2D eigenvalue weighted by atomic mass is 16.1. The molecule has 0 spiro atoms. The Morgan fingerprint density at radius 2 is 1.78 bits per heavy atom. The first-order chi connectivity index (χ1) is 8.78. The minimum Gasteiger partial charge on any atom is -0.326 e. The molecule has 2 aromatic rings. The van der Waals surface area contributed by atoms with E-state index in [0.717, 1.165) is 24.0 Å². The molecule has 2 N–H and O–H groups in total. The third-order valence-corrected chi connectivity index (χ3v) is 3.43. The fourth-order valence-corrected chi connectivity index (χ4v) is 2.16. The zero-order valence-corrected chi connectivity index (χ0v) is 10.2. The van der Waals surface area contributed by atoms with Crippen LogP contribution in [0.3, 0.4) is 0 Å². The van der Waals surface area contributed by atoms with Crippen LogP contribution < -0.4 is 11.4 Å². The molecule has 3 rings (SSSR count). The monoisotopic (exact) mass is 243 g/mol. The smallest absolute Gasteiger partial charge is 0.326 e. The lowest BCUT2D eigenvalue weighted by molar-refractivity contribution is 0.656. The molecule has 1 aromatic heterocycles. The number of imidazole rings is 1. The summed E-state index contributed by atoms with van der Waals surface area (Å²) in [5.41, 5.74) is 7.90. The molecule has 1 fully saturated rings. The second-order valence-electron chi connectivity index (χ2n) is 4.87. The van der Waals surface area contributed by atoms with E-state index in [1.807, 2.05) is 41.2 Å². The Morgan fingerprint density at radius 1 is 1.11 bits per heavy atom. The van der Waals surface area contributed by atoms with Crippen molar-refractivity contribution >= 4 is 0 Å². The lowest BCUT2D eigenvalue weighted by Gasteiger charge is -2.03. The molecule has 0 atom stereocenters. The molecule has 1 aliphatic carbocycles. The number of aromatic nitrogens is 2. The van der Waals surface area contributed by atoms with Gasteiger partial charge in [-0.1, -0.05) is 24.3 Å². The summed E-state index contributed by atoms with van der Waals surface area (Å²) in [6.07, 6.45) is 6.04. The normalized spacial score (nSPS) is 14.9. The van der Waals surface area contributed by atoms with Crippen LogP contribution in [0.4, 0.5) is 0 Å². The molecule has 1 saturated carbocycles. The van der Waals surface area contributed by atoms with Crippen molar-refractivity contribution in [1.82, 2.24) is 9.13 Å². The van der Waals surface area contributed by atoms with Crippen molar-refractivity contribution < 1.29 is 0 Å². The zero-order valence-electron chi connectivity index (χ0n) is 10.2. The van der Waals surface area contributed by atoms with Crippen molar-refractivity contribution in [3.63, 3.8) is 0 Å². The van der Waals surface area contributed by atoms with Gasteiger partial charge in [0.15, 0.2) is 0 Å². The van der Waals surface area contributed by atoms with E-state index in [4.69, 9.17) is 5.73 Å². The van der Waals surface area contributed by atoms with Crippen LogP contribution in [-0.2, 0) is 13.1 Å². The minimum atomic E-state index is 0.0976. The van der Waals surface area contributed by atoms with Crippen molar-refractivity contribution in [1.29, 1.82) is 0 Å². The van der Waals surface area contributed by atoms with E-state index in [1.165, 1.54) is 0 Å². The third-order valence-electron chi connectivity index (χ3n) is 3.43. The van der Waals surface area contributed by atoms with Gasteiger partial charge in [0.25, 0.3) is 0 Å². The molecule has 4 nitrogen and oxygen atoms in total. The van der Waals surface area contributed by atoms with Crippen LogP contribution in [0.2, 0.25) is 0 Å². The lowest BCUT2D eigenvalue weighted by Crippen LogP contribution is -2.23. The van der Waals surface area contributed by atoms with Crippen LogP contribution >= 0.6 is 0 Å². The maximum Gasteiger partial charge on any atom is 0.328 e. The van der Waals surface area contributed by atoms with E-state index >= 15 is 0 Å². The Kier molecular flexibility index (Phi) is 2.80. The fourth-order valence-electron chi connectivity index (χ4n) is 2.16. The molecule has 4 heteroatoms. The summed E-state index contributed by atoms with van der Waals surface area (Å²) in [6, 6.07) is 8.53. The number of hydrogen-bond donors (Lipinski definition) is 1. The summed E-state index contributed by atoms with van der Waals surface area (Å²) in [5.74, 6) is 0. The molecule has 94 valence electrons. The van der Waals surface area contributed by atoms with Crippen molar-refractivity contribution in [3.8, 4) is 0 Å². The topological polar surface area (TPSA) is 52.9 Å². The van der Waals surface area contributed by atoms with Gasteiger partial charge in [-0.15, -0.1) is 0 Å². The first-order valence-electron chi connectivity index (χ1n) is 6.33. The number of hydrogen-bond acceptors (Lipinski definition) is 2. The molecule has 0 unspecified atom stereocenters. The van der Waals surface area contributed by atoms with Crippen LogP contribution in [0.25, 0.3) is 0 Å². The summed E-state index contributed by atoms with van der Waals surface area (Å²) in [4.78, 5) is 12.1. The summed E-state index contributed by atoms with van der Waals surface area (Å²) >= 11 is 0. The molecule has 0 saturated heterocycles. The van der Waals surface area contributed by atoms with Gasteiger partial charge >= 0.3 is 5.69 Å². The average molecular weight is 243 g/mol. The van der Waals surface area contributed by atoms with Crippen molar-refractivity contribution in [2.75, 3.05) is 0 Å². The number of nitrogens with two attached hydrogens (primary N) is 1. The molecular formula is C14H17N3O. The zero-order chi connectivity index (χ0) is 12.5. The standard InChI is InChI=1S/C14H17N3O/c15-9-11-1-3-12(4-2-11)10-16-7-8-17(14(16)18)13-5-6-13/h1-4,7-8,13H,5-6,9-10,15H2. The molecule has 1 aromatic carbocycles. The second kappa shape index (κ2) is 4.46. The Balaban J connectivity index is 1.81. The van der Waals surface area contributed by atoms with Gasteiger partial charge in [-0.25, -0.2) is 4.79 Å². The Bertz CT molecular complexity index is 590. The van der Waals surface area contributed by atoms with Gasteiger partial charge in [-0.3, -0.25) is 9.13 Å². The van der Waals surface area contributed by atoms with Gasteiger partial charge in [0.2, 0.25) is 0 Å². The number of nitrogens with zero attached hydrogens (tertiary/aromatic N) is 2. The van der Waals surface area contributed by atoms with Gasteiger partial charge < -0.3 is 5.73 Å². The molecule has 1 heterocycles. The van der Waals surface area contributed by atoms with Crippen molar-refractivity contribution in [2.24, 2.45) is 5.73 Å². The van der Waals surface area contributed by atoms with E-state index < -0.39 is 0 Å². The first-order valence-corrected chi connectivity index (χ1v) is 6.33. The highest BCUT2D eigenvalue weighted by Gasteiger charge is 2.25. The predicted molar refractivity (Wildman–Crippen MR) is 70.4 cm³/mol. The molecule has 0 bridgehead atoms. The fraction of sp³-hybridized carbons (Fsp3) is 0.357. The first kappa shape index (κ1) is 11.3. The maximum absolute atomic E-state index is 12.1. The van der Waals surface area contributed by atoms with Gasteiger partial charge in [0.05, 0.1) is 6.54 Å². The van der Waals surface area contributed by atoms with Gasteiger partial charge in [-0.2, -0.15) is 0 Å². The summed E-state index contributed by atoms with van der Waals surface area (Å²) in [7, 11) is 0. The van der Waals surface area contributed by atoms with Crippen LogP contribution in [0.15, 0.2) is 41.5 Å². The largest absolute Gasteiger partial charge is 0.328 e. The second-order valence-corrected chi connectivity index (χ2v) is 4.87. The van der Waals surface area contributed by atoms with Gasteiger partial charge in [0, 0.05) is 25.0 Å². The van der Waals surface area contributed by atoms with Gasteiger partial charge in [-0.05, 0) is 24.0 Å². The predicted octanol–water partition coefficient (Wildman–Crippen LogP) is 1.49. The van der Waals surface area contributed by atoms with Crippen LogP contribution in [0.5, 0.6) is 0 Å². The number of benzene rings is 1. The molecule has 1 aliphatic rings. The average Bonchev–Trinajstić information content (AvgIpc) is 3.17. The van der Waals surface area contributed by atoms with E-state index in [9.17, 15) is 4.79 Å². The quantitative estimate of drug-likeness (QED) is 0.884. The summed E-state index contributed by atoms with van der Waals surface area (Å²) in [6.45, 7) is 1.18. The Labute approximate surface area is 106 Å². The third kappa shape index (κ3) is 2.11. The Hall–Kier alpha value is -1.81. The number of rotatable bonds is 4. The van der Waals surface area contributed by atoms with E-state index in [-0.39, 0.29) is 5.69 Å². The van der Waals surface area contributed by atoms with Crippen LogP contribution in [0.1, 0.15) is 30.0 Å². The maximum atomic E-state index is 12.1. The molecule has 0 radical (unpaired) electrons. The SMILES string of the molecule is NCc1ccc(Cn2ccn(C3CC3)c2=O)cc1. The summed E-state index contributed by atoms with van der Waals surface area (Å²) in [5, 5.41) is 0. The van der Waals surface area contributed by atoms with Crippen molar-refractivity contribution in [3.05, 3.63) is 58.3 Å². The van der Waals surface area contributed by atoms with Gasteiger partial charge in [0.1, 0.15) is 0 Å². The summed E-state index contributed by atoms with van der Waals surface area (Å²) < 4.78 is 3.60. The molecular weight excluding hydrogens is 226 g/mol. The molecule has 0 aliphatic heterocycles. The van der Waals surface area contributed by atoms with E-state index in [0.29, 0.717) is 19.1 Å². The van der Waals surface area contributed by atoms with Crippen LogP contribution in [0, 0.1) is 0 Å². The minimum absolute atomic E-state index is 0.0976. The molecule has 0 amide bonds. The highest BCUT2D eigenvalue weighted by molar-refractivity contribution is 5.22.